The zero-order valence-corrected chi connectivity index (χ0v) is 24.7. The Balaban J connectivity index is 1.43. The molecule has 1 unspecified atom stereocenters. The molecule has 1 aliphatic carbocycles. The molecule has 1 N–H and O–H groups in total. The van der Waals surface area contributed by atoms with Crippen molar-refractivity contribution in [3.8, 4) is 11.6 Å². The van der Waals surface area contributed by atoms with E-state index < -0.39 is 23.7 Å². The Hall–Kier alpha value is -4.26. The lowest BCUT2D eigenvalue weighted by molar-refractivity contribution is -0.138. The molecule has 3 heterocycles. The molecule has 6 rings (SSSR count). The first kappa shape index (κ1) is 28.8. The van der Waals surface area contributed by atoms with Crippen molar-refractivity contribution in [1.82, 2.24) is 29.5 Å². The number of nitrogens with one attached hydrogen (secondary N) is 1. The van der Waals surface area contributed by atoms with Gasteiger partial charge in [-0.3, -0.25) is 14.4 Å². The van der Waals surface area contributed by atoms with Crippen molar-refractivity contribution in [1.29, 1.82) is 0 Å². The third-order valence-electron chi connectivity index (χ3n) is 7.85. The summed E-state index contributed by atoms with van der Waals surface area (Å²) in [7, 11) is 1.53. The Morgan fingerprint density at radius 1 is 1.07 bits per heavy atom. The lowest BCUT2D eigenvalue weighted by atomic mass is 9.98. The average Bonchev–Trinajstić information content (AvgIpc) is 3.72. The summed E-state index contributed by atoms with van der Waals surface area (Å²) in [5.74, 6) is -0.257. The zero-order valence-electron chi connectivity index (χ0n) is 23.2. The van der Waals surface area contributed by atoms with Gasteiger partial charge in [-0.05, 0) is 80.1 Å². The van der Waals surface area contributed by atoms with Gasteiger partial charge in [-0.1, -0.05) is 15.9 Å². The number of carbonyl (C=O) groups excluding carboxylic acids is 2. The summed E-state index contributed by atoms with van der Waals surface area (Å²) < 4.78 is 43.4. The van der Waals surface area contributed by atoms with E-state index in [-0.39, 0.29) is 40.4 Å². The van der Waals surface area contributed by atoms with Crippen LogP contribution < -0.4 is 10.9 Å². The molecule has 2 aromatic heterocycles. The zero-order chi connectivity index (χ0) is 30.6. The smallest absolute Gasteiger partial charge is 0.355 e. The molecule has 222 valence electrons. The summed E-state index contributed by atoms with van der Waals surface area (Å²) >= 11 is 2.92. The second-order valence-electron chi connectivity index (χ2n) is 10.8. The summed E-state index contributed by atoms with van der Waals surface area (Å²) in [6.45, 7) is 1.68. The number of halogens is 4. The molecular formula is C30H26BrF3N6O3. The van der Waals surface area contributed by atoms with E-state index in [1.54, 1.807) is 37.4 Å². The van der Waals surface area contributed by atoms with Crippen molar-refractivity contribution in [2.45, 2.75) is 50.9 Å². The first-order chi connectivity index (χ1) is 20.5. The van der Waals surface area contributed by atoms with Crippen LogP contribution in [0.15, 0.2) is 64.1 Å². The maximum atomic E-state index is 14.1. The number of amides is 2. The van der Waals surface area contributed by atoms with Crippen molar-refractivity contribution in [2.24, 2.45) is 0 Å². The van der Waals surface area contributed by atoms with E-state index in [4.69, 9.17) is 4.98 Å². The van der Waals surface area contributed by atoms with Crippen molar-refractivity contribution in [2.75, 3.05) is 7.05 Å². The second kappa shape index (κ2) is 10.8. The van der Waals surface area contributed by atoms with Gasteiger partial charge in [0.25, 0.3) is 17.4 Å². The maximum Gasteiger partial charge on any atom is 0.417 e. The summed E-state index contributed by atoms with van der Waals surface area (Å²) in [5.41, 5.74) is 1.26. The Kier molecular flexibility index (Phi) is 7.23. The van der Waals surface area contributed by atoms with E-state index in [0.29, 0.717) is 28.4 Å². The first-order valence-corrected chi connectivity index (χ1v) is 14.5. The molecule has 4 aromatic rings. The molecule has 9 nitrogen and oxygen atoms in total. The Morgan fingerprint density at radius 2 is 1.77 bits per heavy atom. The molecule has 1 fully saturated rings. The van der Waals surface area contributed by atoms with Crippen molar-refractivity contribution in [3.05, 3.63) is 103 Å². The molecule has 0 radical (unpaired) electrons. The van der Waals surface area contributed by atoms with Crippen LogP contribution in [-0.4, -0.2) is 49.1 Å². The normalized spacial score (nSPS) is 16.6. The number of nitrogens with zero attached hydrogens (tertiary/aromatic N) is 5. The van der Waals surface area contributed by atoms with Crippen LogP contribution in [0.5, 0.6) is 0 Å². The summed E-state index contributed by atoms with van der Waals surface area (Å²) in [6, 6.07) is 9.42. The van der Waals surface area contributed by atoms with E-state index in [2.05, 4.69) is 26.3 Å². The van der Waals surface area contributed by atoms with E-state index in [0.717, 1.165) is 24.5 Å². The molecule has 43 heavy (non-hydrogen) atoms. The number of alkyl halides is 3. The predicted molar refractivity (Wildman–Crippen MR) is 155 cm³/mol. The third kappa shape index (κ3) is 5.37. The Bertz CT molecular complexity index is 1810. The van der Waals surface area contributed by atoms with Gasteiger partial charge in [-0.2, -0.15) is 18.3 Å². The van der Waals surface area contributed by atoms with Gasteiger partial charge in [-0.15, -0.1) is 0 Å². The minimum absolute atomic E-state index is 0.0673. The highest BCUT2D eigenvalue weighted by molar-refractivity contribution is 9.10. The highest BCUT2D eigenvalue weighted by atomic mass is 79.9. The molecule has 2 aromatic carbocycles. The van der Waals surface area contributed by atoms with E-state index >= 15 is 0 Å². The van der Waals surface area contributed by atoms with E-state index in [1.165, 1.54) is 33.3 Å². The SMILES string of the molecule is CNC(=O)c1ccc(-n2c(-n3cc(C4CC4)cn3)nc3c(c2=O)CC(C)N(C(=O)c2ccc(Br)c(C(F)(F)F)c2)C3)cc1. The molecule has 1 saturated carbocycles. The molecular weight excluding hydrogens is 629 g/mol. The van der Waals surface area contributed by atoms with Crippen LogP contribution in [-0.2, 0) is 19.1 Å². The third-order valence-corrected chi connectivity index (χ3v) is 8.54. The largest absolute Gasteiger partial charge is 0.417 e. The molecule has 0 bridgehead atoms. The fraction of sp³-hybridized carbons (Fsp3) is 0.300. The second-order valence-corrected chi connectivity index (χ2v) is 11.6. The number of benzene rings is 2. The lowest BCUT2D eigenvalue weighted by Crippen LogP contribution is -2.46. The fourth-order valence-electron chi connectivity index (χ4n) is 5.33. The van der Waals surface area contributed by atoms with Gasteiger partial charge in [0.2, 0.25) is 5.95 Å². The average molecular weight is 655 g/mol. The van der Waals surface area contributed by atoms with Gasteiger partial charge in [0.05, 0.1) is 29.7 Å². The fourth-order valence-corrected chi connectivity index (χ4v) is 5.80. The van der Waals surface area contributed by atoms with Crippen molar-refractivity contribution >= 4 is 27.7 Å². The van der Waals surface area contributed by atoms with Gasteiger partial charge in [-0.25, -0.2) is 14.2 Å². The van der Waals surface area contributed by atoms with E-state index in [9.17, 15) is 27.6 Å². The van der Waals surface area contributed by atoms with Crippen molar-refractivity contribution in [3.63, 3.8) is 0 Å². The summed E-state index contributed by atoms with van der Waals surface area (Å²) in [5, 5.41) is 7.05. The highest BCUT2D eigenvalue weighted by Gasteiger charge is 2.36. The number of rotatable bonds is 5. The van der Waals surface area contributed by atoms with Gasteiger partial charge in [0, 0.05) is 40.4 Å². The van der Waals surface area contributed by atoms with Crippen molar-refractivity contribution < 1.29 is 22.8 Å². The van der Waals surface area contributed by atoms with Crippen LogP contribution >= 0.6 is 15.9 Å². The molecule has 0 spiro atoms. The van der Waals surface area contributed by atoms with Gasteiger partial charge < -0.3 is 10.2 Å². The number of carbonyl (C=O) groups is 2. The molecule has 1 atom stereocenters. The molecule has 2 amide bonds. The lowest BCUT2D eigenvalue weighted by Gasteiger charge is -2.34. The van der Waals surface area contributed by atoms with Crippen LogP contribution in [0.2, 0.25) is 0 Å². The molecule has 13 heteroatoms. The quantitative estimate of drug-likeness (QED) is 0.326. The van der Waals surface area contributed by atoms with Crippen LogP contribution in [0, 0.1) is 0 Å². The maximum absolute atomic E-state index is 14.1. The van der Waals surface area contributed by atoms with Gasteiger partial charge in [0.15, 0.2) is 0 Å². The summed E-state index contributed by atoms with van der Waals surface area (Å²) in [6.07, 6.45) is 1.19. The molecule has 2 aliphatic rings. The number of fused-ring (bicyclic) bond motifs is 1. The monoisotopic (exact) mass is 654 g/mol. The minimum Gasteiger partial charge on any atom is -0.355 e. The van der Waals surface area contributed by atoms with Crippen LogP contribution in [0.3, 0.4) is 0 Å². The van der Waals surface area contributed by atoms with Crippen LogP contribution in [0.4, 0.5) is 13.2 Å². The number of hydrogen-bond donors (Lipinski definition) is 1. The van der Waals surface area contributed by atoms with Crippen LogP contribution in [0.25, 0.3) is 11.6 Å². The standard InChI is InChI=1S/C30H26BrF3N6O3/c1-16-11-22-25(15-38(16)27(42)19-7-10-24(31)23(12-19)30(32,33)34)37-29(39-14-20(13-36-39)17-3-4-17)40(28(22)43)21-8-5-18(6-9-21)26(41)35-2/h5-10,12-14,16-17H,3-4,11,15H2,1-2H3,(H,35,41). The van der Waals surface area contributed by atoms with Crippen LogP contribution in [0.1, 0.15) is 68.8 Å². The molecule has 1 aliphatic heterocycles. The highest BCUT2D eigenvalue weighted by Crippen LogP contribution is 2.40. The summed E-state index contributed by atoms with van der Waals surface area (Å²) in [4.78, 5) is 46.0. The van der Waals surface area contributed by atoms with Gasteiger partial charge in [0.1, 0.15) is 0 Å². The van der Waals surface area contributed by atoms with E-state index in [1.807, 2.05) is 6.20 Å². The van der Waals surface area contributed by atoms with Gasteiger partial charge >= 0.3 is 6.18 Å². The predicted octanol–water partition coefficient (Wildman–Crippen LogP) is 5.02. The Labute approximate surface area is 252 Å². The molecule has 0 saturated heterocycles. The Morgan fingerprint density at radius 3 is 2.42 bits per heavy atom. The first-order valence-electron chi connectivity index (χ1n) is 13.7. The topological polar surface area (TPSA) is 102 Å². The minimum atomic E-state index is -4.64. The number of aromatic nitrogens is 4. The number of hydrogen-bond acceptors (Lipinski definition) is 5.